The van der Waals surface area contributed by atoms with Gasteiger partial charge in [-0.25, -0.2) is 0 Å². The summed E-state index contributed by atoms with van der Waals surface area (Å²) in [6.07, 6.45) is 3.84. The standard InChI is InChI=1S/C23H14NS.C14H16NSi.Ir/c1-2-6-16(7-3-1)17-9-11-19-20-12-10-18(21-8-4-5-13-24-21)15-23(20)25-22(19)14-17;1-16(2,3)13-9-10-14(15-11-13)12-7-5-4-6-8-12;/h1-14H;4-7,9-11H,1-3H3;/q2*-1;. The number of hydrogen-bond donors (Lipinski definition) is 0. The molecule has 0 amide bonds. The molecule has 0 aliphatic heterocycles. The number of thiophene rings is 1. The first kappa shape index (κ1) is 29.7. The molecule has 42 heavy (non-hydrogen) atoms. The molecule has 0 spiro atoms. The van der Waals surface area contributed by atoms with Crippen molar-refractivity contribution in [3.8, 4) is 33.6 Å². The summed E-state index contributed by atoms with van der Waals surface area (Å²) in [4.78, 5) is 8.96. The van der Waals surface area contributed by atoms with Crippen LogP contribution in [-0.4, -0.2) is 18.0 Å². The summed E-state index contributed by atoms with van der Waals surface area (Å²) in [5, 5.41) is 3.95. The SMILES string of the molecule is C[Si](C)(C)c1ccc(-c2[c-]cccc2)nc1.[Ir].[c-]1c(-c2ccccn2)ccc2c1sc1cc(-c3ccccc3)ccc12. The van der Waals surface area contributed by atoms with E-state index in [0.717, 1.165) is 22.5 Å². The van der Waals surface area contributed by atoms with Crippen molar-refractivity contribution in [1.82, 2.24) is 9.97 Å². The molecule has 0 aliphatic rings. The third-order valence-corrected chi connectivity index (χ3v) is 10.2. The van der Waals surface area contributed by atoms with Crippen molar-refractivity contribution < 1.29 is 20.1 Å². The maximum Gasteiger partial charge on any atom is 0.0795 e. The first-order chi connectivity index (χ1) is 20.0. The minimum Gasteiger partial charge on any atom is -0.305 e. The molecule has 0 aliphatic carbocycles. The molecule has 209 valence electrons. The predicted molar refractivity (Wildman–Crippen MR) is 178 cm³/mol. The van der Waals surface area contributed by atoms with E-state index in [1.807, 2.05) is 54.9 Å². The Morgan fingerprint density at radius 3 is 2.10 bits per heavy atom. The molecule has 3 aromatic heterocycles. The van der Waals surface area contributed by atoms with Crippen LogP contribution in [0.1, 0.15) is 0 Å². The quantitative estimate of drug-likeness (QED) is 0.132. The zero-order valence-corrected chi connectivity index (χ0v) is 28.0. The van der Waals surface area contributed by atoms with E-state index in [1.54, 1.807) is 11.3 Å². The Kier molecular flexibility index (Phi) is 9.25. The third-order valence-electron chi connectivity index (χ3n) is 7.06. The molecule has 0 unspecified atom stereocenters. The number of rotatable bonds is 4. The van der Waals surface area contributed by atoms with Gasteiger partial charge in [0, 0.05) is 37.2 Å². The van der Waals surface area contributed by atoms with Gasteiger partial charge in [-0.3, -0.25) is 0 Å². The Balaban J connectivity index is 0.000000181. The molecular weight excluding hydrogens is 725 g/mol. The van der Waals surface area contributed by atoms with E-state index in [-0.39, 0.29) is 20.1 Å². The van der Waals surface area contributed by atoms with Gasteiger partial charge in [-0.15, -0.1) is 59.7 Å². The van der Waals surface area contributed by atoms with Crippen molar-refractivity contribution in [1.29, 1.82) is 0 Å². The molecule has 0 bridgehead atoms. The molecule has 3 heterocycles. The van der Waals surface area contributed by atoms with Gasteiger partial charge in [0.15, 0.2) is 0 Å². The van der Waals surface area contributed by atoms with Gasteiger partial charge in [0.05, 0.1) is 8.07 Å². The van der Waals surface area contributed by atoms with Crippen molar-refractivity contribution in [2.75, 3.05) is 0 Å². The molecule has 4 aromatic carbocycles. The Morgan fingerprint density at radius 1 is 0.643 bits per heavy atom. The molecule has 2 nitrogen and oxygen atoms in total. The summed E-state index contributed by atoms with van der Waals surface area (Å²) in [6, 6.07) is 46.5. The van der Waals surface area contributed by atoms with E-state index >= 15 is 0 Å². The maximum atomic E-state index is 4.52. The number of nitrogens with zero attached hydrogens (tertiary/aromatic N) is 2. The molecule has 0 atom stereocenters. The molecule has 7 aromatic rings. The van der Waals surface area contributed by atoms with Crippen molar-refractivity contribution in [3.05, 3.63) is 140 Å². The minimum atomic E-state index is -1.23. The summed E-state index contributed by atoms with van der Waals surface area (Å²) in [7, 11) is -1.23. The number of aromatic nitrogens is 2. The fourth-order valence-corrected chi connectivity index (χ4v) is 6.91. The Morgan fingerprint density at radius 2 is 1.40 bits per heavy atom. The monoisotopic (exact) mass is 755 g/mol. The van der Waals surface area contributed by atoms with Crippen molar-refractivity contribution >= 4 is 44.8 Å². The van der Waals surface area contributed by atoms with Crippen LogP contribution >= 0.6 is 11.3 Å². The zero-order chi connectivity index (χ0) is 28.2. The van der Waals surface area contributed by atoms with Gasteiger partial charge in [-0.1, -0.05) is 91.8 Å². The fraction of sp³-hybridized carbons (Fsp3) is 0.0811. The van der Waals surface area contributed by atoms with E-state index in [2.05, 4.69) is 115 Å². The summed E-state index contributed by atoms with van der Waals surface area (Å²) >= 11 is 1.80. The Labute approximate surface area is 266 Å². The molecule has 5 heteroatoms. The molecule has 7 rings (SSSR count). The van der Waals surface area contributed by atoms with E-state index in [4.69, 9.17) is 0 Å². The first-order valence-electron chi connectivity index (χ1n) is 13.7. The third kappa shape index (κ3) is 6.66. The summed E-state index contributed by atoms with van der Waals surface area (Å²) in [6.45, 7) is 7.00. The normalized spacial score (nSPS) is 11.0. The number of pyridine rings is 2. The molecular formula is C37H30IrN2SSi-2. The van der Waals surface area contributed by atoms with Crippen LogP contribution in [-0.2, 0) is 20.1 Å². The van der Waals surface area contributed by atoms with Crippen LogP contribution in [0.3, 0.4) is 0 Å². The van der Waals surface area contributed by atoms with Gasteiger partial charge in [0.25, 0.3) is 0 Å². The van der Waals surface area contributed by atoms with Gasteiger partial charge in [-0.2, -0.15) is 11.3 Å². The minimum absolute atomic E-state index is 0. The van der Waals surface area contributed by atoms with E-state index < -0.39 is 8.07 Å². The molecule has 0 fully saturated rings. The molecule has 0 N–H and O–H groups in total. The number of benzene rings is 4. The average molecular weight is 755 g/mol. The van der Waals surface area contributed by atoms with Crippen LogP contribution in [0.4, 0.5) is 0 Å². The number of hydrogen-bond acceptors (Lipinski definition) is 3. The van der Waals surface area contributed by atoms with Crippen LogP contribution in [0.15, 0.2) is 128 Å². The summed E-state index contributed by atoms with van der Waals surface area (Å²) in [5.41, 5.74) is 6.58. The second-order valence-electron chi connectivity index (χ2n) is 11.0. The first-order valence-corrected chi connectivity index (χ1v) is 18.1. The van der Waals surface area contributed by atoms with Gasteiger partial charge in [0.2, 0.25) is 0 Å². The van der Waals surface area contributed by atoms with Crippen molar-refractivity contribution in [3.63, 3.8) is 0 Å². The van der Waals surface area contributed by atoms with Crippen LogP contribution < -0.4 is 5.19 Å². The number of fused-ring (bicyclic) bond motifs is 3. The van der Waals surface area contributed by atoms with Crippen LogP contribution in [0, 0.1) is 12.1 Å². The Hall–Kier alpha value is -3.73. The maximum absolute atomic E-state index is 4.52. The van der Waals surface area contributed by atoms with E-state index in [1.165, 1.54) is 36.5 Å². The molecule has 0 saturated heterocycles. The van der Waals surface area contributed by atoms with Crippen molar-refractivity contribution in [2.24, 2.45) is 0 Å². The van der Waals surface area contributed by atoms with Crippen molar-refractivity contribution in [2.45, 2.75) is 19.6 Å². The van der Waals surface area contributed by atoms with Gasteiger partial charge >= 0.3 is 0 Å². The average Bonchev–Trinajstić information content (AvgIpc) is 3.39. The second-order valence-corrected chi connectivity index (χ2v) is 17.1. The fourth-order valence-electron chi connectivity index (χ4n) is 4.74. The van der Waals surface area contributed by atoms with E-state index in [0.29, 0.717) is 0 Å². The molecule has 1 radical (unpaired) electrons. The van der Waals surface area contributed by atoms with Gasteiger partial charge in [-0.05, 0) is 49.9 Å². The summed E-state index contributed by atoms with van der Waals surface area (Å²) in [5.74, 6) is 0. The zero-order valence-electron chi connectivity index (χ0n) is 23.8. The van der Waals surface area contributed by atoms with Crippen LogP contribution in [0.2, 0.25) is 19.6 Å². The summed E-state index contributed by atoms with van der Waals surface area (Å²) < 4.78 is 2.48. The largest absolute Gasteiger partial charge is 0.305 e. The van der Waals surface area contributed by atoms with Gasteiger partial charge < -0.3 is 9.97 Å². The smallest absolute Gasteiger partial charge is 0.0795 e. The predicted octanol–water partition coefficient (Wildman–Crippen LogP) is 9.68. The van der Waals surface area contributed by atoms with E-state index in [9.17, 15) is 0 Å². The van der Waals surface area contributed by atoms with Gasteiger partial charge in [0.1, 0.15) is 0 Å². The Bertz CT molecular complexity index is 1800. The van der Waals surface area contributed by atoms with Crippen LogP contribution in [0.5, 0.6) is 0 Å². The van der Waals surface area contributed by atoms with Crippen LogP contribution in [0.25, 0.3) is 53.8 Å². The molecule has 0 saturated carbocycles. The second kappa shape index (κ2) is 13.1. The topological polar surface area (TPSA) is 25.8 Å².